The van der Waals surface area contributed by atoms with Gasteiger partial charge in [-0.15, -0.1) is 0 Å². The van der Waals surface area contributed by atoms with Gasteiger partial charge in [-0.1, -0.05) is 164 Å². The molecule has 12 aromatic carbocycles. The van der Waals surface area contributed by atoms with E-state index < -0.39 is 0 Å². The Morgan fingerprint density at radius 2 is 0.632 bits per heavy atom. The van der Waals surface area contributed by atoms with Crippen molar-refractivity contribution in [1.29, 1.82) is 0 Å². The van der Waals surface area contributed by atoms with E-state index >= 15 is 0 Å². The van der Waals surface area contributed by atoms with Gasteiger partial charge in [-0.25, -0.2) is 29.9 Å². The fourth-order valence-corrected chi connectivity index (χ4v) is 39.7. The lowest BCUT2D eigenvalue weighted by molar-refractivity contribution is 0.638. The lowest BCUT2D eigenvalue weighted by Gasteiger charge is -2.24. The molecule has 0 aliphatic rings. The van der Waals surface area contributed by atoms with Crippen molar-refractivity contribution < 1.29 is 17.7 Å². The zero-order chi connectivity index (χ0) is 78.9. The highest BCUT2D eigenvalue weighted by Gasteiger charge is 2.24. The second-order valence-electron chi connectivity index (χ2n) is 24.8. The molecule has 0 radical (unpaired) electrons. The molecule has 15 nitrogen and oxygen atoms in total. The number of anilines is 8. The molecule has 0 aliphatic carbocycles. The van der Waals surface area contributed by atoms with Crippen LogP contribution >= 0.6 is 43.2 Å². The molecule has 0 spiro atoms. The zero-order valence-electron chi connectivity index (χ0n) is 58.9. The quantitative estimate of drug-likeness (QED) is 0.152. The first kappa shape index (κ1) is 81.8. The molecular formula is C83H51Br2N11O4S17. The van der Waals surface area contributed by atoms with Gasteiger partial charge in [0, 0.05) is 225 Å². The molecule has 21 aromatic rings. The molecule has 34 heteroatoms. The number of halogens is 2. The summed E-state index contributed by atoms with van der Waals surface area (Å²) in [6.07, 6.45) is 6.85. The smallest absolute Gasteiger partial charge is 0.251 e. The van der Waals surface area contributed by atoms with Crippen LogP contribution in [0.25, 0.3) is 141 Å². The molecule has 0 unspecified atom stereocenters. The van der Waals surface area contributed by atoms with Crippen LogP contribution in [0.3, 0.4) is 0 Å². The summed E-state index contributed by atoms with van der Waals surface area (Å²) in [4.78, 5) is 43.1. The topological polar surface area (TPSA) is 174 Å². The van der Waals surface area contributed by atoms with Crippen molar-refractivity contribution in [3.05, 3.63) is 289 Å². The van der Waals surface area contributed by atoms with E-state index in [0.29, 0.717) is 34.1 Å². The van der Waals surface area contributed by atoms with Crippen LogP contribution in [-0.2, 0) is 151 Å². The minimum Gasteiger partial charge on any atom is -0.456 e. The number of hydrogen-bond acceptors (Lipinski definition) is 20. The van der Waals surface area contributed by atoms with Crippen LogP contribution < -0.4 is 15.1 Å². The molecule has 0 aliphatic heterocycles. The second kappa shape index (κ2) is 38.4. The molecule has 0 fully saturated rings. The van der Waals surface area contributed by atoms with Crippen molar-refractivity contribution in [2.45, 2.75) is 7.43 Å². The molecule has 578 valence electrons. The van der Waals surface area contributed by atoms with Crippen molar-refractivity contribution in [1.82, 2.24) is 39.9 Å². The fourth-order valence-electron chi connectivity index (χ4n) is 13.3. The molecule has 0 atom stereocenters. The van der Waals surface area contributed by atoms with Crippen LogP contribution in [0.15, 0.2) is 306 Å². The van der Waals surface area contributed by atoms with Gasteiger partial charge in [0.1, 0.15) is 63.4 Å². The van der Waals surface area contributed by atoms with Gasteiger partial charge in [-0.05, 0) is 155 Å². The van der Waals surface area contributed by atoms with Crippen LogP contribution in [0, 0.1) is 0 Å². The molecule has 0 saturated carbocycles. The van der Waals surface area contributed by atoms with Crippen LogP contribution in [0.5, 0.6) is 0 Å². The largest absolute Gasteiger partial charge is 0.456 e. The van der Waals surface area contributed by atoms with E-state index in [4.69, 9.17) is 60.0 Å². The van der Waals surface area contributed by atoms with Crippen molar-refractivity contribution >= 4 is 382 Å². The Morgan fingerprint density at radius 1 is 0.308 bits per heavy atom. The van der Waals surface area contributed by atoms with Crippen molar-refractivity contribution in [3.8, 4) is 0 Å². The molecule has 9 aromatic heterocycles. The third kappa shape index (κ3) is 18.4. The molecule has 1 N–H and O–H groups in total. The molecule has 0 amide bonds. The van der Waals surface area contributed by atoms with E-state index in [2.05, 4.69) is 265 Å². The predicted molar refractivity (Wildman–Crippen MR) is 535 cm³/mol. The number of rotatable bonds is 8. The Kier molecular flexibility index (Phi) is 26.8. The minimum atomic E-state index is 0. The van der Waals surface area contributed by atoms with E-state index in [0.717, 1.165) is 160 Å². The first-order valence-electron chi connectivity index (χ1n) is 34.4. The maximum Gasteiger partial charge on any atom is 0.251 e. The summed E-state index contributed by atoms with van der Waals surface area (Å²) in [5.41, 5.74) is 14.0. The molecular weight excluding hydrogens is 1920 g/mol. The van der Waals surface area contributed by atoms with Crippen molar-refractivity contribution in [3.63, 3.8) is 0 Å². The van der Waals surface area contributed by atoms with Gasteiger partial charge in [0.05, 0.1) is 36.2 Å². The summed E-state index contributed by atoms with van der Waals surface area (Å²) in [7, 11) is 19.0. The van der Waals surface area contributed by atoms with Gasteiger partial charge >= 0.3 is 0 Å². The SMILES string of the molecule is Brc1cnc2c(n1)sc1nc(Br)cnc12.C.S=S=S.S=S=S=S=S=S=S=S=S=S=S=S=S.c1ccc2cc(N(c3ccc4c(c3)oc3ccccc34)c3cnc4c(n3)oc3nc(N(c5ccc6ccccc6c5)c5ccc6c(c5)oc5ccccc56)cnc34)ccc2c1.c1ccc2cc(Nc3ccc4c(c3)oc3ccccc34)ccc2c1. The normalized spacial score (nSPS) is 10.9. The summed E-state index contributed by atoms with van der Waals surface area (Å²) in [5, 5.41) is 17.0. The van der Waals surface area contributed by atoms with Gasteiger partial charge in [0.15, 0.2) is 22.7 Å². The number of furan rings is 4. The van der Waals surface area contributed by atoms with Gasteiger partial charge in [0.25, 0.3) is 11.4 Å². The summed E-state index contributed by atoms with van der Waals surface area (Å²) in [5.74, 6) is 1.13. The standard InChI is InChI=1S/C52H30N6O3.C22H15NO.C8H2Br2N4S.CH4.S13.S3/c1-3-11-33-25-35(19-17-31(33)9-1)57(37-21-23-41-39-13-5-7-15-43(39)59-45(41)27-37)47-29-53-49-50-52(61-51(49)55-47)56-48(30-54-50)58(36-20-18-32-10-2-4-12-34(32)26-36)38-22-24-42-40-14-6-8-16-44(40)60-46(42)28-38;1-2-6-16-13-17(10-9-15(16)5-1)23-18-11-12-20-19-7-3-4-8-21(19)24-22(20)14-18;9-3-1-11-5-6-8(15-7(5)13-3)14-4(10)2-12-6;;1-3-5-7-9-11-13-12-10-8-6-4-2;1-3-2/h1-30H;1-14,23H;1-2H;1H4;;. The first-order chi connectivity index (χ1) is 57.1. The minimum absolute atomic E-state index is 0. The Morgan fingerprint density at radius 3 is 1.07 bits per heavy atom. The number of nitrogens with one attached hydrogen (secondary N) is 1. The van der Waals surface area contributed by atoms with Crippen LogP contribution in [0.2, 0.25) is 0 Å². The first-order valence-corrected chi connectivity index (χ1v) is 55.4. The highest BCUT2D eigenvalue weighted by Crippen LogP contribution is 2.43. The molecule has 0 saturated heterocycles. The lowest BCUT2D eigenvalue weighted by atomic mass is 10.1. The van der Waals surface area contributed by atoms with E-state index in [1.807, 2.05) is 78.9 Å². The van der Waals surface area contributed by atoms with Crippen molar-refractivity contribution in [2.75, 3.05) is 15.1 Å². The van der Waals surface area contributed by atoms with Crippen LogP contribution in [-0.4, -0.2) is 39.9 Å². The number of hydrogen-bond donors (Lipinski definition) is 1. The third-order valence-corrected chi connectivity index (χ3v) is 42.0. The number of benzene rings is 12. The second-order valence-corrected chi connectivity index (χ2v) is 48.6. The third-order valence-electron chi connectivity index (χ3n) is 18.1. The van der Waals surface area contributed by atoms with E-state index in [9.17, 15) is 0 Å². The summed E-state index contributed by atoms with van der Waals surface area (Å²) < 4.78 is 26.6. The number of aromatic nitrogens is 8. The molecule has 0 bridgehead atoms. The van der Waals surface area contributed by atoms with Crippen molar-refractivity contribution in [2.24, 2.45) is 0 Å². The maximum absolute atomic E-state index is 6.50. The maximum atomic E-state index is 6.50. The molecule has 117 heavy (non-hydrogen) atoms. The highest BCUT2D eigenvalue weighted by molar-refractivity contribution is 9.10. The fraction of sp³-hybridized carbons (Fsp3) is 0.0120. The highest BCUT2D eigenvalue weighted by atomic mass is 79.9. The summed E-state index contributed by atoms with van der Waals surface area (Å²) in [6.45, 7) is 0. The Bertz CT molecular complexity index is 7700. The van der Waals surface area contributed by atoms with E-state index in [-0.39, 0.29) is 7.43 Å². The zero-order valence-corrected chi connectivity index (χ0v) is 75.9. The lowest BCUT2D eigenvalue weighted by Crippen LogP contribution is -2.12. The molecule has 9 heterocycles. The van der Waals surface area contributed by atoms with Gasteiger partial charge in [-0.3, -0.25) is 9.80 Å². The average Bonchev–Trinajstić information content (AvgIpc) is 1.66. The summed E-state index contributed by atoms with van der Waals surface area (Å²) in [6, 6.07) is 87.2. The number of thiophene rings is 1. The number of para-hydroxylation sites is 3. The van der Waals surface area contributed by atoms with Gasteiger partial charge in [-0.2, -0.15) is 9.97 Å². The number of fused-ring (bicyclic) bond motifs is 18. The van der Waals surface area contributed by atoms with Gasteiger partial charge < -0.3 is 23.0 Å². The van der Waals surface area contributed by atoms with E-state index in [1.54, 1.807) is 105 Å². The Hall–Kier alpha value is -8.96. The monoisotopic (exact) mass is 1970 g/mol. The van der Waals surface area contributed by atoms with E-state index in [1.165, 1.54) is 39.9 Å². The molecule has 21 rings (SSSR count). The predicted octanol–water partition coefficient (Wildman–Crippen LogP) is 24.5. The van der Waals surface area contributed by atoms with Crippen LogP contribution in [0.1, 0.15) is 7.43 Å². The summed E-state index contributed by atoms with van der Waals surface area (Å²) >= 11 is 25.7. The van der Waals surface area contributed by atoms with Crippen LogP contribution in [0.4, 0.5) is 45.8 Å². The number of nitrogens with zero attached hydrogens (tertiary/aromatic N) is 10. The Balaban J connectivity index is 0.000000148. The van der Waals surface area contributed by atoms with Gasteiger partial charge in [0.2, 0.25) is 0 Å². The Labute approximate surface area is 741 Å². The average molecular weight is 1970 g/mol.